The number of aryl methyl sites for hydroxylation is 4. The molecule has 2 aromatic carbocycles. The first kappa shape index (κ1) is 22.1. The number of hydrogen-bond donors (Lipinski definition) is 1. The molecule has 1 fully saturated rings. The number of benzene rings is 2. The van der Waals surface area contributed by atoms with Crippen molar-refractivity contribution in [2.45, 2.75) is 52.7 Å². The fraction of sp³-hybridized carbons (Fsp3) is 0.375. The number of carbonyl (C=O) groups excluding carboxylic acids is 2. The summed E-state index contributed by atoms with van der Waals surface area (Å²) >= 11 is 1.39. The highest BCUT2D eigenvalue weighted by Gasteiger charge is 2.38. The van der Waals surface area contributed by atoms with E-state index >= 15 is 0 Å². The van der Waals surface area contributed by atoms with E-state index in [2.05, 4.69) is 5.32 Å². The number of para-hydroxylation sites is 1. The Hall–Kier alpha value is -2.60. The molecule has 158 valence electrons. The van der Waals surface area contributed by atoms with Crippen LogP contribution in [0.5, 0.6) is 0 Å². The average Bonchev–Trinajstić information content (AvgIpc) is 2.97. The number of amidine groups is 1. The van der Waals surface area contributed by atoms with E-state index in [1.165, 1.54) is 11.8 Å². The van der Waals surface area contributed by atoms with E-state index in [1.54, 1.807) is 4.90 Å². The standard InChI is InChI=1S/C24H29N3O2S/c1-6-12-27-23(29)20(14-21(28)25-19-13-15(2)10-11-16(19)3)30-24(27)26-22-17(4)8-7-9-18(22)5/h7-11,13,20H,6,12,14H2,1-5H3,(H,25,28). The average molecular weight is 424 g/mol. The Labute approximate surface area is 183 Å². The quantitative estimate of drug-likeness (QED) is 0.687. The molecule has 1 aliphatic rings. The molecule has 0 spiro atoms. The van der Waals surface area contributed by atoms with E-state index in [9.17, 15) is 9.59 Å². The SMILES string of the molecule is CCCN1C(=O)C(CC(=O)Nc2cc(C)ccc2C)SC1=Nc1c(C)cccc1C. The van der Waals surface area contributed by atoms with Gasteiger partial charge in [0.15, 0.2) is 5.17 Å². The van der Waals surface area contributed by atoms with Crippen molar-refractivity contribution in [1.82, 2.24) is 4.90 Å². The van der Waals surface area contributed by atoms with Crippen LogP contribution >= 0.6 is 11.8 Å². The minimum atomic E-state index is -0.454. The minimum Gasteiger partial charge on any atom is -0.326 e. The molecule has 3 rings (SSSR count). The molecular weight excluding hydrogens is 394 g/mol. The first-order valence-corrected chi connectivity index (χ1v) is 11.2. The fourth-order valence-corrected chi connectivity index (χ4v) is 4.64. The number of amides is 2. The molecule has 1 heterocycles. The van der Waals surface area contributed by atoms with Gasteiger partial charge in [-0.3, -0.25) is 14.5 Å². The maximum atomic E-state index is 13.0. The number of nitrogens with zero attached hydrogens (tertiary/aromatic N) is 2. The molecule has 0 aromatic heterocycles. The normalized spacial score (nSPS) is 17.6. The second-order valence-electron chi connectivity index (χ2n) is 7.80. The van der Waals surface area contributed by atoms with Gasteiger partial charge in [0.05, 0.1) is 5.69 Å². The monoisotopic (exact) mass is 423 g/mol. The summed E-state index contributed by atoms with van der Waals surface area (Å²) in [5.74, 6) is -0.192. The van der Waals surface area contributed by atoms with Gasteiger partial charge < -0.3 is 5.32 Å². The van der Waals surface area contributed by atoms with Gasteiger partial charge in [-0.05, 0) is 62.4 Å². The minimum absolute atomic E-state index is 0.0389. The number of aliphatic imine (C=N–C) groups is 1. The first-order chi connectivity index (χ1) is 14.3. The van der Waals surface area contributed by atoms with Crippen LogP contribution in [0.3, 0.4) is 0 Å². The number of thioether (sulfide) groups is 1. The van der Waals surface area contributed by atoms with Crippen LogP contribution < -0.4 is 5.32 Å². The van der Waals surface area contributed by atoms with Crippen LogP contribution in [-0.2, 0) is 9.59 Å². The molecular formula is C24H29N3O2S. The van der Waals surface area contributed by atoms with Crippen molar-refractivity contribution in [3.8, 4) is 0 Å². The lowest BCUT2D eigenvalue weighted by molar-refractivity contribution is -0.128. The van der Waals surface area contributed by atoms with Crippen LogP contribution in [0.15, 0.2) is 41.4 Å². The summed E-state index contributed by atoms with van der Waals surface area (Å²) in [5.41, 5.74) is 5.93. The van der Waals surface area contributed by atoms with Gasteiger partial charge in [0, 0.05) is 18.7 Å². The molecule has 6 heteroatoms. The van der Waals surface area contributed by atoms with Gasteiger partial charge in [0.1, 0.15) is 5.25 Å². The van der Waals surface area contributed by atoms with Crippen LogP contribution in [0.2, 0.25) is 0 Å². The Morgan fingerprint density at radius 2 is 1.80 bits per heavy atom. The first-order valence-electron chi connectivity index (χ1n) is 10.3. The third-order valence-electron chi connectivity index (χ3n) is 5.15. The Bertz CT molecular complexity index is 980. The molecule has 1 aliphatic heterocycles. The lowest BCUT2D eigenvalue weighted by Gasteiger charge is -2.16. The van der Waals surface area contributed by atoms with E-state index in [1.807, 2.05) is 71.0 Å². The van der Waals surface area contributed by atoms with E-state index in [4.69, 9.17) is 4.99 Å². The van der Waals surface area contributed by atoms with E-state index < -0.39 is 5.25 Å². The summed E-state index contributed by atoms with van der Waals surface area (Å²) in [7, 11) is 0. The molecule has 2 amide bonds. The van der Waals surface area contributed by atoms with Crippen molar-refractivity contribution < 1.29 is 9.59 Å². The van der Waals surface area contributed by atoms with Crippen LogP contribution in [0.1, 0.15) is 42.0 Å². The van der Waals surface area contributed by atoms with Gasteiger partial charge in [-0.25, -0.2) is 4.99 Å². The summed E-state index contributed by atoms with van der Waals surface area (Å²) in [4.78, 5) is 32.3. The lowest BCUT2D eigenvalue weighted by atomic mass is 10.1. The third-order valence-corrected chi connectivity index (χ3v) is 6.33. The van der Waals surface area contributed by atoms with Crippen LogP contribution in [0.25, 0.3) is 0 Å². The third kappa shape index (κ3) is 4.93. The highest BCUT2D eigenvalue weighted by molar-refractivity contribution is 8.15. The largest absolute Gasteiger partial charge is 0.326 e. The predicted molar refractivity (Wildman–Crippen MR) is 126 cm³/mol. The van der Waals surface area contributed by atoms with E-state index in [0.29, 0.717) is 11.7 Å². The molecule has 0 bridgehead atoms. The van der Waals surface area contributed by atoms with Crippen LogP contribution in [0.4, 0.5) is 11.4 Å². The highest BCUT2D eigenvalue weighted by atomic mass is 32.2. The number of nitrogens with one attached hydrogen (secondary N) is 1. The predicted octanol–water partition coefficient (Wildman–Crippen LogP) is 5.29. The maximum Gasteiger partial charge on any atom is 0.242 e. The van der Waals surface area contributed by atoms with Crippen molar-refractivity contribution in [2.75, 3.05) is 11.9 Å². The molecule has 1 atom stereocenters. The molecule has 2 aromatic rings. The van der Waals surface area contributed by atoms with Gasteiger partial charge in [0.2, 0.25) is 11.8 Å². The van der Waals surface area contributed by atoms with Crippen LogP contribution in [0, 0.1) is 27.7 Å². The Morgan fingerprint density at radius 3 is 2.47 bits per heavy atom. The smallest absolute Gasteiger partial charge is 0.242 e. The van der Waals surface area contributed by atoms with Crippen molar-refractivity contribution in [3.05, 3.63) is 58.7 Å². The second-order valence-corrected chi connectivity index (χ2v) is 8.97. The number of anilines is 1. The zero-order valence-corrected chi connectivity index (χ0v) is 19.1. The summed E-state index contributed by atoms with van der Waals surface area (Å²) in [6.07, 6.45) is 0.961. The van der Waals surface area contributed by atoms with Gasteiger partial charge in [-0.2, -0.15) is 0 Å². The van der Waals surface area contributed by atoms with Gasteiger partial charge in [0.25, 0.3) is 0 Å². The molecule has 1 N–H and O–H groups in total. The van der Waals surface area contributed by atoms with E-state index in [0.717, 1.165) is 40.0 Å². The van der Waals surface area contributed by atoms with Crippen molar-refractivity contribution in [2.24, 2.45) is 4.99 Å². The second kappa shape index (κ2) is 9.47. The molecule has 5 nitrogen and oxygen atoms in total. The maximum absolute atomic E-state index is 13.0. The Morgan fingerprint density at radius 1 is 1.10 bits per heavy atom. The topological polar surface area (TPSA) is 61.8 Å². The molecule has 0 aliphatic carbocycles. The number of hydrogen-bond acceptors (Lipinski definition) is 4. The molecule has 0 radical (unpaired) electrons. The highest BCUT2D eigenvalue weighted by Crippen LogP contribution is 2.34. The molecule has 1 unspecified atom stereocenters. The fourth-order valence-electron chi connectivity index (χ4n) is 3.47. The molecule has 30 heavy (non-hydrogen) atoms. The number of rotatable bonds is 6. The van der Waals surface area contributed by atoms with Gasteiger partial charge in [-0.15, -0.1) is 0 Å². The van der Waals surface area contributed by atoms with Gasteiger partial charge in [-0.1, -0.05) is 49.0 Å². The summed E-state index contributed by atoms with van der Waals surface area (Å²) in [6, 6.07) is 12.0. The van der Waals surface area contributed by atoms with E-state index in [-0.39, 0.29) is 18.2 Å². The van der Waals surface area contributed by atoms with Crippen molar-refractivity contribution in [1.29, 1.82) is 0 Å². The Kier molecular flexibility index (Phi) is 6.98. The summed E-state index contributed by atoms with van der Waals surface area (Å²) in [5, 5.41) is 3.20. The summed E-state index contributed by atoms with van der Waals surface area (Å²) < 4.78 is 0. The van der Waals surface area contributed by atoms with Crippen molar-refractivity contribution in [3.63, 3.8) is 0 Å². The lowest BCUT2D eigenvalue weighted by Crippen LogP contribution is -2.34. The van der Waals surface area contributed by atoms with Crippen LogP contribution in [-0.4, -0.2) is 33.7 Å². The van der Waals surface area contributed by atoms with Gasteiger partial charge >= 0.3 is 0 Å². The summed E-state index contributed by atoms with van der Waals surface area (Å²) in [6.45, 7) is 10.6. The number of carbonyl (C=O) groups is 2. The Balaban J connectivity index is 1.79. The zero-order valence-electron chi connectivity index (χ0n) is 18.3. The van der Waals surface area contributed by atoms with Crippen molar-refractivity contribution >= 4 is 40.1 Å². The molecule has 0 saturated carbocycles. The zero-order chi connectivity index (χ0) is 21.8. The molecule has 1 saturated heterocycles.